The van der Waals surface area contributed by atoms with Crippen LogP contribution in [0.1, 0.15) is 25.8 Å². The third kappa shape index (κ3) is 6.36. The Morgan fingerprint density at radius 1 is 1.17 bits per heavy atom. The van der Waals surface area contributed by atoms with Gasteiger partial charge < -0.3 is 9.47 Å². The van der Waals surface area contributed by atoms with Gasteiger partial charge in [-0.25, -0.2) is 4.39 Å². The third-order valence-corrected chi connectivity index (χ3v) is 3.07. The molecule has 0 unspecified atom stereocenters. The van der Waals surface area contributed by atoms with Gasteiger partial charge in [0.05, 0.1) is 6.61 Å². The second kappa shape index (κ2) is 8.48. The second-order valence-corrected chi connectivity index (χ2v) is 5.13. The molecule has 0 heterocycles. The predicted molar refractivity (Wildman–Crippen MR) is 74.8 cm³/mol. The fraction of sp³-hybridized carbons (Fsp3) is 0.571. The molecule has 0 amide bonds. The van der Waals surface area contributed by atoms with Crippen molar-refractivity contribution in [2.24, 2.45) is 5.92 Å². The van der Waals surface area contributed by atoms with Crippen molar-refractivity contribution in [3.8, 4) is 5.75 Å². The van der Waals surface area contributed by atoms with Gasteiger partial charge in [-0.2, -0.15) is 0 Å². The molecule has 0 spiro atoms. The molecule has 2 nitrogen and oxygen atoms in total. The Balaban J connectivity index is 2.24. The SMILES string of the molecule is CC(C)CCOCCOc1cc(F)cc(CBr)c1. The zero-order valence-electron chi connectivity index (χ0n) is 10.9. The van der Waals surface area contributed by atoms with Crippen molar-refractivity contribution < 1.29 is 13.9 Å². The Bertz CT molecular complexity index is 356. The Morgan fingerprint density at radius 2 is 1.94 bits per heavy atom. The van der Waals surface area contributed by atoms with Crippen LogP contribution in [0, 0.1) is 11.7 Å². The van der Waals surface area contributed by atoms with Gasteiger partial charge in [0.15, 0.2) is 0 Å². The maximum Gasteiger partial charge on any atom is 0.127 e. The molecule has 1 rings (SSSR count). The lowest BCUT2D eigenvalue weighted by Crippen LogP contribution is -2.08. The van der Waals surface area contributed by atoms with E-state index in [9.17, 15) is 4.39 Å². The highest BCUT2D eigenvalue weighted by Crippen LogP contribution is 2.18. The molecule has 0 saturated carbocycles. The van der Waals surface area contributed by atoms with Gasteiger partial charge in [-0.15, -0.1) is 0 Å². The summed E-state index contributed by atoms with van der Waals surface area (Å²) in [5.74, 6) is 0.926. The normalized spacial score (nSPS) is 10.9. The first-order chi connectivity index (χ1) is 8.61. The highest BCUT2D eigenvalue weighted by molar-refractivity contribution is 9.08. The maximum absolute atomic E-state index is 13.2. The summed E-state index contributed by atoms with van der Waals surface area (Å²) >= 11 is 3.29. The van der Waals surface area contributed by atoms with E-state index >= 15 is 0 Å². The van der Waals surface area contributed by atoms with E-state index in [0.29, 0.717) is 30.2 Å². The van der Waals surface area contributed by atoms with Crippen molar-refractivity contribution in [3.63, 3.8) is 0 Å². The molecule has 1 aromatic carbocycles. The highest BCUT2D eigenvalue weighted by atomic mass is 79.9. The van der Waals surface area contributed by atoms with Gasteiger partial charge in [-0.1, -0.05) is 29.8 Å². The van der Waals surface area contributed by atoms with Gasteiger partial charge in [0, 0.05) is 18.0 Å². The van der Waals surface area contributed by atoms with Gasteiger partial charge >= 0.3 is 0 Å². The van der Waals surface area contributed by atoms with Gasteiger partial charge in [0.25, 0.3) is 0 Å². The first kappa shape index (κ1) is 15.4. The summed E-state index contributed by atoms with van der Waals surface area (Å²) in [5, 5.41) is 0.617. The molecule has 4 heteroatoms. The Labute approximate surface area is 117 Å². The van der Waals surface area contributed by atoms with E-state index in [-0.39, 0.29) is 5.82 Å². The van der Waals surface area contributed by atoms with Crippen molar-refractivity contribution >= 4 is 15.9 Å². The number of benzene rings is 1. The molecule has 0 saturated heterocycles. The van der Waals surface area contributed by atoms with Crippen LogP contribution >= 0.6 is 15.9 Å². The standard InChI is InChI=1S/C14H20BrFO2/c1-11(2)3-4-17-5-6-18-14-8-12(10-15)7-13(16)9-14/h7-9,11H,3-6,10H2,1-2H3. The van der Waals surface area contributed by atoms with Crippen LogP contribution in [0.3, 0.4) is 0 Å². The van der Waals surface area contributed by atoms with E-state index in [2.05, 4.69) is 29.8 Å². The topological polar surface area (TPSA) is 18.5 Å². The number of halogens is 2. The van der Waals surface area contributed by atoms with Crippen LogP contribution in [0.5, 0.6) is 5.75 Å². The largest absolute Gasteiger partial charge is 0.491 e. The molecule has 0 aromatic heterocycles. The minimum atomic E-state index is -0.275. The van der Waals surface area contributed by atoms with Crippen molar-refractivity contribution in [1.29, 1.82) is 0 Å². The molecule has 0 bridgehead atoms. The number of hydrogen-bond acceptors (Lipinski definition) is 2. The average Bonchev–Trinajstić information content (AvgIpc) is 2.32. The highest BCUT2D eigenvalue weighted by Gasteiger charge is 2.01. The van der Waals surface area contributed by atoms with Crippen LogP contribution < -0.4 is 4.74 Å². The maximum atomic E-state index is 13.2. The zero-order chi connectivity index (χ0) is 13.4. The zero-order valence-corrected chi connectivity index (χ0v) is 12.5. The second-order valence-electron chi connectivity index (χ2n) is 4.57. The molecule has 0 N–H and O–H groups in total. The van der Waals surface area contributed by atoms with Crippen LogP contribution in [0.2, 0.25) is 0 Å². The fourth-order valence-corrected chi connectivity index (χ4v) is 1.74. The summed E-state index contributed by atoms with van der Waals surface area (Å²) in [6.07, 6.45) is 1.05. The Morgan fingerprint density at radius 3 is 2.61 bits per heavy atom. The van der Waals surface area contributed by atoms with Crippen LogP contribution in [0.25, 0.3) is 0 Å². The Kier molecular flexibility index (Phi) is 7.28. The molecule has 0 aliphatic heterocycles. The van der Waals surface area contributed by atoms with E-state index in [1.54, 1.807) is 0 Å². The molecule has 1 aromatic rings. The molecule has 0 aliphatic carbocycles. The molecule has 0 fully saturated rings. The lowest BCUT2D eigenvalue weighted by molar-refractivity contribution is 0.0924. The van der Waals surface area contributed by atoms with Crippen molar-refractivity contribution in [3.05, 3.63) is 29.6 Å². The van der Waals surface area contributed by atoms with Gasteiger partial charge in [0.1, 0.15) is 18.2 Å². The van der Waals surface area contributed by atoms with Crippen LogP contribution in [-0.4, -0.2) is 19.8 Å². The molecule has 18 heavy (non-hydrogen) atoms. The van der Waals surface area contributed by atoms with E-state index in [1.807, 2.05) is 6.07 Å². The number of hydrogen-bond donors (Lipinski definition) is 0. The molecule has 0 atom stereocenters. The number of ether oxygens (including phenoxy) is 2. The molecule has 0 radical (unpaired) electrons. The monoisotopic (exact) mass is 318 g/mol. The van der Waals surface area contributed by atoms with Gasteiger partial charge in [-0.05, 0) is 30.0 Å². The smallest absolute Gasteiger partial charge is 0.127 e. The summed E-state index contributed by atoms with van der Waals surface area (Å²) in [4.78, 5) is 0. The van der Waals surface area contributed by atoms with E-state index < -0.39 is 0 Å². The van der Waals surface area contributed by atoms with Crippen LogP contribution in [-0.2, 0) is 10.1 Å². The number of alkyl halides is 1. The first-order valence-electron chi connectivity index (χ1n) is 6.17. The molecule has 0 aliphatic rings. The van der Waals surface area contributed by atoms with Crippen molar-refractivity contribution in [1.82, 2.24) is 0 Å². The van der Waals surface area contributed by atoms with Crippen molar-refractivity contribution in [2.75, 3.05) is 19.8 Å². The molecule has 102 valence electrons. The van der Waals surface area contributed by atoms with Crippen LogP contribution in [0.15, 0.2) is 18.2 Å². The average molecular weight is 319 g/mol. The molecular formula is C14H20BrFO2. The Hall–Kier alpha value is -0.610. The number of rotatable bonds is 8. The minimum absolute atomic E-state index is 0.275. The predicted octanol–water partition coefficient (Wildman–Crippen LogP) is 4.16. The van der Waals surface area contributed by atoms with E-state index in [4.69, 9.17) is 9.47 Å². The summed E-state index contributed by atoms with van der Waals surface area (Å²) in [6, 6.07) is 4.70. The summed E-state index contributed by atoms with van der Waals surface area (Å²) in [6.45, 7) is 6.05. The lowest BCUT2D eigenvalue weighted by atomic mass is 10.1. The van der Waals surface area contributed by atoms with E-state index in [1.165, 1.54) is 12.1 Å². The van der Waals surface area contributed by atoms with E-state index in [0.717, 1.165) is 18.6 Å². The molecular weight excluding hydrogens is 299 g/mol. The quantitative estimate of drug-likeness (QED) is 0.529. The summed E-state index contributed by atoms with van der Waals surface area (Å²) < 4.78 is 24.1. The van der Waals surface area contributed by atoms with Crippen LogP contribution in [0.4, 0.5) is 4.39 Å². The van der Waals surface area contributed by atoms with Gasteiger partial charge in [0.2, 0.25) is 0 Å². The lowest BCUT2D eigenvalue weighted by Gasteiger charge is -2.09. The van der Waals surface area contributed by atoms with Gasteiger partial charge in [-0.3, -0.25) is 0 Å². The minimum Gasteiger partial charge on any atom is -0.491 e. The first-order valence-corrected chi connectivity index (χ1v) is 7.30. The van der Waals surface area contributed by atoms with Crippen molar-refractivity contribution in [2.45, 2.75) is 25.6 Å². The summed E-state index contributed by atoms with van der Waals surface area (Å²) in [7, 11) is 0. The fourth-order valence-electron chi connectivity index (χ4n) is 1.42. The summed E-state index contributed by atoms with van der Waals surface area (Å²) in [5.41, 5.74) is 0.866. The third-order valence-electron chi connectivity index (χ3n) is 2.42.